The fraction of sp³-hybridized carbons (Fsp3) is 0.467. The zero-order valence-corrected chi connectivity index (χ0v) is 25.3. The van der Waals surface area contributed by atoms with Crippen molar-refractivity contribution < 1.29 is 23.7 Å². The lowest BCUT2D eigenvalue weighted by atomic mass is 9.90. The number of methoxy groups -OCH3 is 2. The molecule has 42 heavy (non-hydrogen) atoms. The molecule has 0 bridgehead atoms. The summed E-state index contributed by atoms with van der Waals surface area (Å²) in [6.07, 6.45) is 6.19. The summed E-state index contributed by atoms with van der Waals surface area (Å²) >= 11 is 13.5. The van der Waals surface area contributed by atoms with Crippen molar-refractivity contribution >= 4 is 51.7 Å². The van der Waals surface area contributed by atoms with E-state index in [1.165, 1.54) is 20.3 Å². The Morgan fingerprint density at radius 2 is 1.79 bits per heavy atom. The molecule has 5 rings (SSSR count). The van der Waals surface area contributed by atoms with Crippen molar-refractivity contribution in [3.8, 4) is 22.8 Å². The van der Waals surface area contributed by atoms with E-state index < -0.39 is 0 Å². The van der Waals surface area contributed by atoms with Crippen molar-refractivity contribution in [3.05, 3.63) is 41.0 Å². The molecule has 3 aromatic rings. The largest absolute Gasteiger partial charge is 0.495 e. The van der Waals surface area contributed by atoms with E-state index in [-0.39, 0.29) is 17.7 Å². The Kier molecular flexibility index (Phi) is 9.99. The number of carbonyl (C=O) groups excluding carboxylic acids is 1. The highest BCUT2D eigenvalue weighted by Crippen LogP contribution is 2.46. The third kappa shape index (κ3) is 6.72. The minimum absolute atomic E-state index is 0.0101. The number of nitrogens with zero attached hydrogens (tertiary/aromatic N) is 3. The Morgan fingerprint density at radius 1 is 1.07 bits per heavy atom. The molecule has 10 nitrogen and oxygen atoms in total. The van der Waals surface area contributed by atoms with Gasteiger partial charge in [0.15, 0.2) is 11.6 Å². The van der Waals surface area contributed by atoms with Gasteiger partial charge in [0.25, 0.3) is 0 Å². The third-order valence-electron chi connectivity index (χ3n) is 7.80. The highest BCUT2D eigenvalue weighted by atomic mass is 35.5. The van der Waals surface area contributed by atoms with E-state index in [2.05, 4.69) is 22.2 Å². The van der Waals surface area contributed by atoms with E-state index in [4.69, 9.17) is 52.1 Å². The Labute approximate surface area is 255 Å². The summed E-state index contributed by atoms with van der Waals surface area (Å²) in [6.45, 7) is 6.86. The van der Waals surface area contributed by atoms with E-state index in [0.29, 0.717) is 82.2 Å². The van der Waals surface area contributed by atoms with Crippen molar-refractivity contribution in [1.82, 2.24) is 15.0 Å². The van der Waals surface area contributed by atoms with Crippen LogP contribution < -0.4 is 20.1 Å². The first-order chi connectivity index (χ1) is 20.4. The number of fused-ring (bicyclic) bond motifs is 1. The molecule has 0 amide bonds. The SMILES string of the molecule is C=CC(=O)C[C@H]1CCOC[C@H]1Nc1ncc2cc(-c3c(Cl)c(OC)cc(OC)c3Cl)nc(NCC3CCOCC3)c2n1. The molecule has 1 aromatic carbocycles. The van der Waals surface area contributed by atoms with E-state index in [1.54, 1.807) is 12.3 Å². The fourth-order valence-corrected chi connectivity index (χ4v) is 6.05. The molecular formula is C30H35Cl2N5O5. The molecule has 0 aliphatic carbocycles. The molecule has 2 aliphatic rings. The zero-order chi connectivity index (χ0) is 29.6. The normalized spacial score (nSPS) is 19.3. The lowest BCUT2D eigenvalue weighted by Gasteiger charge is -2.31. The van der Waals surface area contributed by atoms with E-state index in [9.17, 15) is 4.79 Å². The van der Waals surface area contributed by atoms with Gasteiger partial charge >= 0.3 is 0 Å². The number of hydrogen-bond donors (Lipinski definition) is 2. The third-order valence-corrected chi connectivity index (χ3v) is 8.55. The van der Waals surface area contributed by atoms with Crippen LogP contribution in [0.1, 0.15) is 25.7 Å². The van der Waals surface area contributed by atoms with Gasteiger partial charge in [-0.2, -0.15) is 0 Å². The number of ketones is 1. The van der Waals surface area contributed by atoms with E-state index in [0.717, 1.165) is 37.9 Å². The molecule has 0 unspecified atom stereocenters. The van der Waals surface area contributed by atoms with Gasteiger partial charge in [0, 0.05) is 56.0 Å². The summed E-state index contributed by atoms with van der Waals surface area (Å²) in [5.74, 6) is 2.37. The highest BCUT2D eigenvalue weighted by molar-refractivity contribution is 6.41. The van der Waals surface area contributed by atoms with Crippen LogP contribution in [0.15, 0.2) is 31.0 Å². The average Bonchev–Trinajstić information content (AvgIpc) is 3.01. The maximum Gasteiger partial charge on any atom is 0.223 e. The summed E-state index contributed by atoms with van der Waals surface area (Å²) in [7, 11) is 3.06. The second kappa shape index (κ2) is 13.9. The minimum atomic E-state index is -0.118. The highest BCUT2D eigenvalue weighted by Gasteiger charge is 2.28. The second-order valence-electron chi connectivity index (χ2n) is 10.5. The summed E-state index contributed by atoms with van der Waals surface area (Å²) in [6, 6.07) is 3.37. The van der Waals surface area contributed by atoms with Crippen LogP contribution in [0, 0.1) is 11.8 Å². The number of rotatable bonds is 11. The number of pyridine rings is 1. The molecule has 0 saturated carbocycles. The maximum absolute atomic E-state index is 12.1. The van der Waals surface area contributed by atoms with Gasteiger partial charge < -0.3 is 29.6 Å². The first-order valence-electron chi connectivity index (χ1n) is 14.0. The molecule has 2 saturated heterocycles. The van der Waals surface area contributed by atoms with Gasteiger partial charge in [0.05, 0.1) is 42.6 Å². The summed E-state index contributed by atoms with van der Waals surface area (Å²) < 4.78 is 22.2. The average molecular weight is 617 g/mol. The van der Waals surface area contributed by atoms with Crippen molar-refractivity contribution in [1.29, 1.82) is 0 Å². The monoisotopic (exact) mass is 615 g/mol. The number of benzene rings is 1. The Morgan fingerprint density at radius 3 is 2.48 bits per heavy atom. The quantitative estimate of drug-likeness (QED) is 0.256. The van der Waals surface area contributed by atoms with Crippen molar-refractivity contribution in [3.63, 3.8) is 0 Å². The molecule has 2 N–H and O–H groups in total. The predicted molar refractivity (Wildman–Crippen MR) is 164 cm³/mol. The van der Waals surface area contributed by atoms with Gasteiger partial charge in [-0.1, -0.05) is 29.8 Å². The topological polar surface area (TPSA) is 117 Å². The molecule has 12 heteroatoms. The molecule has 0 radical (unpaired) electrons. The summed E-state index contributed by atoms with van der Waals surface area (Å²) in [5, 5.41) is 8.31. The standard InChI is InChI=1S/C30H35Cl2N5O5/c1-4-20(38)11-18-7-10-42-16-22(18)36-30-34-15-19-12-21(25-26(31)23(39-2)13-24(40-3)27(25)32)35-29(28(19)37-30)33-14-17-5-8-41-9-6-17/h4,12-13,15,17-18,22H,1,5-11,14,16H2,2-3H3,(H,33,35)(H,34,36,37)/t18-,22-/m1/s1. The van der Waals surface area contributed by atoms with Gasteiger partial charge in [0.2, 0.25) is 5.95 Å². The van der Waals surface area contributed by atoms with Crippen molar-refractivity contribution in [2.45, 2.75) is 31.7 Å². The summed E-state index contributed by atoms with van der Waals surface area (Å²) in [5.41, 5.74) is 1.65. The number of aromatic nitrogens is 3. The lowest BCUT2D eigenvalue weighted by Crippen LogP contribution is -2.40. The molecule has 0 spiro atoms. The molecule has 2 aromatic heterocycles. The van der Waals surface area contributed by atoms with E-state index in [1.807, 2.05) is 6.07 Å². The number of halogens is 2. The predicted octanol–water partition coefficient (Wildman–Crippen LogP) is 5.82. The number of carbonyl (C=O) groups is 1. The van der Waals surface area contributed by atoms with Crippen LogP contribution in [0.25, 0.3) is 22.2 Å². The van der Waals surface area contributed by atoms with Crippen LogP contribution in [-0.4, -0.2) is 74.0 Å². The number of nitrogens with one attached hydrogen (secondary N) is 2. The zero-order valence-electron chi connectivity index (χ0n) is 23.8. The molecule has 4 heterocycles. The van der Waals surface area contributed by atoms with Gasteiger partial charge in [0.1, 0.15) is 17.0 Å². The van der Waals surface area contributed by atoms with Crippen LogP contribution in [0.4, 0.5) is 11.8 Å². The minimum Gasteiger partial charge on any atom is -0.495 e. The van der Waals surface area contributed by atoms with Gasteiger partial charge in [-0.15, -0.1) is 0 Å². The Balaban J connectivity index is 1.54. The molecule has 2 atom stereocenters. The Hall–Kier alpha value is -3.18. The second-order valence-corrected chi connectivity index (χ2v) is 11.2. The lowest BCUT2D eigenvalue weighted by molar-refractivity contribution is -0.116. The Bertz CT molecular complexity index is 1420. The maximum atomic E-state index is 12.1. The van der Waals surface area contributed by atoms with Crippen LogP contribution in [-0.2, 0) is 14.3 Å². The van der Waals surface area contributed by atoms with Gasteiger partial charge in [-0.05, 0) is 43.2 Å². The first-order valence-corrected chi connectivity index (χ1v) is 14.8. The van der Waals surface area contributed by atoms with Crippen molar-refractivity contribution in [2.24, 2.45) is 11.8 Å². The van der Waals surface area contributed by atoms with Crippen LogP contribution in [0.3, 0.4) is 0 Å². The fourth-order valence-electron chi connectivity index (χ4n) is 5.36. The van der Waals surface area contributed by atoms with E-state index >= 15 is 0 Å². The molecule has 224 valence electrons. The number of anilines is 2. The summed E-state index contributed by atoms with van der Waals surface area (Å²) in [4.78, 5) is 26.5. The number of hydrogen-bond acceptors (Lipinski definition) is 10. The van der Waals surface area contributed by atoms with Crippen LogP contribution in [0.2, 0.25) is 10.0 Å². The molecular weight excluding hydrogens is 581 g/mol. The van der Waals surface area contributed by atoms with Crippen molar-refractivity contribution in [2.75, 3.05) is 57.8 Å². The van der Waals surface area contributed by atoms with Gasteiger partial charge in [-0.25, -0.2) is 15.0 Å². The van der Waals surface area contributed by atoms with Crippen LogP contribution >= 0.6 is 23.2 Å². The molecule has 2 fully saturated rings. The van der Waals surface area contributed by atoms with Gasteiger partial charge in [-0.3, -0.25) is 4.79 Å². The number of allylic oxidation sites excluding steroid dienone is 1. The molecule has 2 aliphatic heterocycles. The number of ether oxygens (including phenoxy) is 4. The first kappa shape index (κ1) is 30.3. The van der Waals surface area contributed by atoms with Crippen LogP contribution in [0.5, 0.6) is 11.5 Å². The smallest absolute Gasteiger partial charge is 0.223 e.